The van der Waals surface area contributed by atoms with Crippen LogP contribution in [0.4, 0.5) is 0 Å². The Hall–Kier alpha value is -9.98. The van der Waals surface area contributed by atoms with E-state index in [4.69, 9.17) is 52.0 Å². The van der Waals surface area contributed by atoms with E-state index >= 15 is 0 Å². The number of unbranched alkanes of at least 4 members (excludes halogenated alkanes) is 2. The second kappa shape index (κ2) is 35.0. The topological polar surface area (TPSA) is 470 Å². The van der Waals surface area contributed by atoms with Crippen molar-refractivity contribution in [3.63, 3.8) is 0 Å². The number of nitrogens with zero attached hydrogens (tertiary/aromatic N) is 4. The molecule has 5 heterocycles. The summed E-state index contributed by atoms with van der Waals surface area (Å²) in [6, 6.07) is 6.25. The van der Waals surface area contributed by atoms with Gasteiger partial charge < -0.3 is 108 Å². The van der Waals surface area contributed by atoms with Gasteiger partial charge in [-0.15, -0.1) is 0 Å². The molecule has 7 amide bonds. The van der Waals surface area contributed by atoms with E-state index in [0.29, 0.717) is 103 Å². The summed E-state index contributed by atoms with van der Waals surface area (Å²) in [6.45, 7) is 3.73. The summed E-state index contributed by atoms with van der Waals surface area (Å²) in [5.41, 5.74) is 29.6. The number of methoxy groups -OCH3 is 3. The number of aliphatic imine (C=N–C) groups is 1. The molecule has 2 aliphatic heterocycles. The first-order valence-electron chi connectivity index (χ1n) is 33.4. The van der Waals surface area contributed by atoms with Gasteiger partial charge in [-0.3, -0.25) is 38.6 Å². The lowest BCUT2D eigenvalue weighted by Gasteiger charge is -2.31. The summed E-state index contributed by atoms with van der Waals surface area (Å²) in [7, 11) is 4.14. The zero-order chi connectivity index (χ0) is 71.6. The standard InChI is InChI=1S/C68H93N15O16/c1-37(2)58(64(91)76-35-55(87)98-53-34-49-41(33-52(53)97-5)57-56(39-19-20-47(84)50(31-39)95-3)59-40-32-51(96-4)48(85)30-38(40)21-29-83(59)60(57)67(94)99-49)80-62(89)42(14-6-8-22-69)77-54(86)36-81(27-13-26-75-68(72)73)65(92)45(15-7-9-23-70)79-61(88)43(16-10-24-71)78-63(90)46-18-12-28-82(46)66(93)44-17-11-25-74-44/h19-21,29-34,37,42-46,58,74,84-85H,6-18,22-28,35-36,69-71H2,1-5H3,(H,76,91)(H,77,86)(H,78,90)(H,79,88)(H,80,89)(H4,72,73,75). The molecule has 2 aliphatic rings. The molecule has 3 aromatic carbocycles. The van der Waals surface area contributed by atoms with E-state index in [1.807, 2.05) is 0 Å². The lowest BCUT2D eigenvalue weighted by molar-refractivity contribution is -0.142. The molecule has 6 aromatic rings. The van der Waals surface area contributed by atoms with Crippen molar-refractivity contribution < 1.29 is 71.9 Å². The quantitative estimate of drug-likeness (QED) is 0.00666. The molecule has 0 aliphatic carbocycles. The second-order valence-electron chi connectivity index (χ2n) is 24.9. The van der Waals surface area contributed by atoms with Crippen LogP contribution in [0.25, 0.3) is 49.3 Å². The molecule has 2 saturated heterocycles. The number of ether oxygens (including phenoxy) is 4. The summed E-state index contributed by atoms with van der Waals surface area (Å²) in [4.78, 5) is 134. The fourth-order valence-electron chi connectivity index (χ4n) is 12.7. The molecule has 536 valence electrons. The van der Waals surface area contributed by atoms with Gasteiger partial charge in [0.15, 0.2) is 40.5 Å². The lowest BCUT2D eigenvalue weighted by Crippen LogP contribution is -2.59. The van der Waals surface area contributed by atoms with Gasteiger partial charge in [-0.25, -0.2) is 9.59 Å². The number of hydrogen-bond donors (Lipinski definition) is 13. The number of carbonyl (C=O) groups excluding carboxylic acids is 8. The zero-order valence-electron chi connectivity index (χ0n) is 56.6. The van der Waals surface area contributed by atoms with Crippen molar-refractivity contribution in [3.05, 3.63) is 65.1 Å². The Morgan fingerprint density at radius 2 is 1.38 bits per heavy atom. The number of aromatic nitrogens is 1. The number of amides is 7. The highest BCUT2D eigenvalue weighted by Crippen LogP contribution is 2.46. The van der Waals surface area contributed by atoms with Crippen molar-refractivity contribution in [2.45, 2.75) is 134 Å². The predicted octanol–water partition coefficient (Wildman–Crippen LogP) is 1.30. The van der Waals surface area contributed by atoms with E-state index < -0.39 is 102 Å². The summed E-state index contributed by atoms with van der Waals surface area (Å²) in [6.07, 6.45) is 6.56. The van der Waals surface area contributed by atoms with E-state index in [0.717, 1.165) is 6.42 Å². The van der Waals surface area contributed by atoms with Gasteiger partial charge in [0.2, 0.25) is 41.4 Å². The number of fused-ring (bicyclic) bond motifs is 7. The molecule has 18 N–H and O–H groups in total. The highest BCUT2D eigenvalue weighted by atomic mass is 16.6. The van der Waals surface area contributed by atoms with Crippen molar-refractivity contribution in [2.24, 2.45) is 39.6 Å². The number of phenols is 2. The third kappa shape index (κ3) is 18.2. The lowest BCUT2D eigenvalue weighted by atomic mass is 9.98. The molecule has 3 aromatic heterocycles. The smallest absolute Gasteiger partial charge is 0.361 e. The summed E-state index contributed by atoms with van der Waals surface area (Å²) in [5.74, 6) is -6.28. The molecule has 31 nitrogen and oxygen atoms in total. The second-order valence-corrected chi connectivity index (χ2v) is 24.9. The molecule has 99 heavy (non-hydrogen) atoms. The van der Waals surface area contributed by atoms with Crippen molar-refractivity contribution >= 4 is 91.4 Å². The molecule has 8 rings (SSSR count). The Labute approximate surface area is 571 Å². The molecular formula is C68H93N15O16. The Morgan fingerprint density at radius 1 is 0.717 bits per heavy atom. The zero-order valence-corrected chi connectivity index (χ0v) is 56.6. The van der Waals surface area contributed by atoms with Crippen LogP contribution in [-0.4, -0.2) is 194 Å². The largest absolute Gasteiger partial charge is 0.504 e. The van der Waals surface area contributed by atoms with Crippen LogP contribution in [0, 0.1) is 5.92 Å². The van der Waals surface area contributed by atoms with Gasteiger partial charge >= 0.3 is 11.6 Å². The highest BCUT2D eigenvalue weighted by Gasteiger charge is 2.40. The first kappa shape index (κ1) is 74.8. The minimum atomic E-state index is -1.28. The van der Waals surface area contributed by atoms with Gasteiger partial charge in [0, 0.05) is 53.6 Å². The number of nitrogens with two attached hydrogens (primary N) is 5. The third-order valence-electron chi connectivity index (χ3n) is 17.7. The molecule has 0 radical (unpaired) electrons. The fourth-order valence-corrected chi connectivity index (χ4v) is 12.7. The maximum Gasteiger partial charge on any atom is 0.361 e. The van der Waals surface area contributed by atoms with E-state index in [-0.39, 0.29) is 116 Å². The van der Waals surface area contributed by atoms with Crippen LogP contribution in [0.3, 0.4) is 0 Å². The Morgan fingerprint density at radius 3 is 2.05 bits per heavy atom. The maximum atomic E-state index is 14.8. The van der Waals surface area contributed by atoms with Crippen molar-refractivity contribution in [2.75, 3.05) is 80.2 Å². The number of carbonyl (C=O) groups is 8. The molecule has 6 unspecified atom stereocenters. The minimum Gasteiger partial charge on any atom is -0.504 e. The number of likely N-dealkylation sites (tertiary alicyclic amines) is 1. The van der Waals surface area contributed by atoms with E-state index in [9.17, 15) is 53.4 Å². The van der Waals surface area contributed by atoms with Crippen molar-refractivity contribution in [1.82, 2.24) is 46.1 Å². The van der Waals surface area contributed by atoms with Crippen LogP contribution in [0.5, 0.6) is 34.5 Å². The average Bonchev–Trinajstić information content (AvgIpc) is 1.71. The summed E-state index contributed by atoms with van der Waals surface area (Å²) in [5, 5.41) is 40.1. The van der Waals surface area contributed by atoms with Gasteiger partial charge in [-0.05, 0) is 163 Å². The van der Waals surface area contributed by atoms with Gasteiger partial charge in [0.25, 0.3) is 0 Å². The van der Waals surface area contributed by atoms with Gasteiger partial charge in [-0.1, -0.05) is 19.9 Å². The molecular weight excluding hydrogens is 1280 g/mol. The van der Waals surface area contributed by atoms with Crippen LogP contribution in [0.15, 0.2) is 68.9 Å². The first-order chi connectivity index (χ1) is 47.5. The van der Waals surface area contributed by atoms with Crippen LogP contribution < -0.4 is 85.1 Å². The molecule has 31 heteroatoms. The summed E-state index contributed by atoms with van der Waals surface area (Å²) >= 11 is 0. The number of rotatable bonds is 35. The molecule has 0 saturated carbocycles. The van der Waals surface area contributed by atoms with E-state index in [1.54, 1.807) is 53.6 Å². The Bertz CT molecular complexity index is 4010. The number of nitrogens with one attached hydrogen (secondary N) is 6. The van der Waals surface area contributed by atoms with Crippen LogP contribution in [0.1, 0.15) is 97.3 Å². The highest BCUT2D eigenvalue weighted by molar-refractivity contribution is 6.22. The monoisotopic (exact) mass is 1380 g/mol. The Balaban J connectivity index is 0.980. The first-order valence-corrected chi connectivity index (χ1v) is 33.4. The number of benzene rings is 3. The normalized spacial score (nSPS) is 15.7. The number of phenolic OH excluding ortho intramolecular Hbond substituents is 2. The summed E-state index contributed by atoms with van der Waals surface area (Å²) < 4.78 is 30.1. The predicted molar refractivity (Wildman–Crippen MR) is 370 cm³/mol. The molecule has 0 bridgehead atoms. The fraction of sp³-hybridized carbons (Fsp3) is 0.500. The maximum absolute atomic E-state index is 14.8. The number of aromatic hydroxyl groups is 2. The van der Waals surface area contributed by atoms with Crippen LogP contribution in [-0.2, 0) is 38.4 Å². The van der Waals surface area contributed by atoms with E-state index in [1.165, 1.54) is 50.5 Å². The minimum absolute atomic E-state index is 0.0184. The number of esters is 1. The van der Waals surface area contributed by atoms with Gasteiger partial charge in [0.1, 0.15) is 47.9 Å². The van der Waals surface area contributed by atoms with Gasteiger partial charge in [0.05, 0.1) is 39.4 Å². The van der Waals surface area contributed by atoms with Crippen molar-refractivity contribution in [3.8, 4) is 45.6 Å². The third-order valence-corrected chi connectivity index (χ3v) is 17.7. The molecule has 2 fully saturated rings. The number of hydrogen-bond acceptors (Lipinski definition) is 21. The Kier molecular flexibility index (Phi) is 26.4. The van der Waals surface area contributed by atoms with Gasteiger partial charge in [-0.2, -0.15) is 0 Å². The van der Waals surface area contributed by atoms with E-state index in [2.05, 4.69) is 36.9 Å². The van der Waals surface area contributed by atoms with Crippen molar-refractivity contribution in [1.29, 1.82) is 0 Å². The molecule has 0 spiro atoms. The van der Waals surface area contributed by atoms with Crippen LogP contribution in [0.2, 0.25) is 0 Å². The number of guanidine groups is 1. The van der Waals surface area contributed by atoms with Crippen LogP contribution >= 0.6 is 0 Å². The average molecular weight is 1380 g/mol. The SMILES string of the molecule is COc1cc(-c2c3c4cc(OC)c(OC(=O)CNC(=O)C(NC(=O)C(CCCCN)NC(=O)CN(CCCN=C(N)N)C(=O)C(CCCCN)NC(=O)C(CCCN)NC(=O)C5CCCN5C(=O)C5CCCN5)C(C)C)cc4oc(=O)c3n3ccc4cc(O)c(OC)cc4c23)ccc1O. The molecule has 6 atom stereocenters. The number of pyridine rings is 1.